The van der Waals surface area contributed by atoms with Crippen LogP contribution in [0.4, 0.5) is 5.69 Å². The van der Waals surface area contributed by atoms with E-state index in [1.807, 2.05) is 18.3 Å². The monoisotopic (exact) mass is 477 g/mol. The van der Waals surface area contributed by atoms with E-state index in [9.17, 15) is 0 Å². The smallest absolute Gasteiger partial charge is 0.178 e. The Bertz CT molecular complexity index is 1510. The molecular formula is C29H31N7. The largest absolute Gasteiger partial charge is 0.367 e. The fourth-order valence-electron chi connectivity index (χ4n) is 4.87. The molecule has 6 rings (SSSR count). The first-order chi connectivity index (χ1) is 17.4. The Morgan fingerprint density at radius 2 is 1.67 bits per heavy atom. The molecule has 7 nitrogen and oxygen atoms in total. The van der Waals surface area contributed by atoms with E-state index in [2.05, 4.69) is 88.0 Å². The van der Waals surface area contributed by atoms with Crippen LogP contribution in [0.5, 0.6) is 0 Å². The molecule has 1 aliphatic heterocycles. The number of fused-ring (bicyclic) bond motifs is 2. The fourth-order valence-corrected chi connectivity index (χ4v) is 4.87. The van der Waals surface area contributed by atoms with E-state index in [0.29, 0.717) is 5.65 Å². The molecule has 0 saturated carbocycles. The van der Waals surface area contributed by atoms with E-state index in [0.717, 1.165) is 66.4 Å². The Kier molecular flexibility index (Phi) is 5.64. The van der Waals surface area contributed by atoms with Crippen LogP contribution < -0.4 is 4.90 Å². The maximum atomic E-state index is 5.03. The molecule has 36 heavy (non-hydrogen) atoms. The summed E-state index contributed by atoms with van der Waals surface area (Å²) in [4.78, 5) is 27.0. The van der Waals surface area contributed by atoms with Crippen LogP contribution in [0.25, 0.3) is 33.6 Å². The maximum Gasteiger partial charge on any atom is 0.178 e. The van der Waals surface area contributed by atoms with Crippen molar-refractivity contribution in [2.24, 2.45) is 0 Å². The van der Waals surface area contributed by atoms with Crippen LogP contribution in [0.1, 0.15) is 32.0 Å². The van der Waals surface area contributed by atoms with Crippen molar-refractivity contribution in [2.45, 2.75) is 32.7 Å². The van der Waals surface area contributed by atoms with Crippen molar-refractivity contribution in [1.29, 1.82) is 0 Å². The first-order valence-corrected chi connectivity index (χ1v) is 12.6. The number of anilines is 1. The molecule has 0 unspecified atom stereocenters. The van der Waals surface area contributed by atoms with Crippen molar-refractivity contribution in [3.05, 3.63) is 78.2 Å². The Labute approximate surface area is 211 Å². The molecule has 0 radical (unpaired) electrons. The standard InChI is InChI=1S/C29H31N7/c1-29(2,3)21-11-9-20(10-12-21)27-33-23-6-4-8-25(26(23)34-27)36-16-14-35(15-17-36)19-22-18-31-24-7-5-13-30-28(24)32-22/h4-13,18H,14-17,19H2,1-3H3,(H,33,34). The SMILES string of the molecule is CC(C)(C)c1ccc(-c2nc3c(N4CCN(Cc5cnc6cccnc6n5)CC4)cccc3[nH]2)cc1. The Hall–Kier alpha value is -3.84. The molecule has 1 fully saturated rings. The predicted octanol–water partition coefficient (Wildman–Crippen LogP) is 5.19. The quantitative estimate of drug-likeness (QED) is 0.384. The topological polar surface area (TPSA) is 73.8 Å². The van der Waals surface area contributed by atoms with E-state index in [-0.39, 0.29) is 5.41 Å². The molecule has 0 aliphatic carbocycles. The van der Waals surface area contributed by atoms with Crippen molar-refractivity contribution in [3.8, 4) is 11.4 Å². The molecule has 182 valence electrons. The first-order valence-electron chi connectivity index (χ1n) is 12.6. The molecule has 1 aliphatic rings. The van der Waals surface area contributed by atoms with Gasteiger partial charge in [0, 0.05) is 44.5 Å². The summed E-state index contributed by atoms with van der Waals surface area (Å²) in [7, 11) is 0. The van der Waals surface area contributed by atoms with E-state index in [1.54, 1.807) is 6.20 Å². The van der Waals surface area contributed by atoms with Crippen LogP contribution >= 0.6 is 0 Å². The van der Waals surface area contributed by atoms with Gasteiger partial charge in [-0.05, 0) is 35.2 Å². The molecule has 7 heteroatoms. The van der Waals surface area contributed by atoms with Gasteiger partial charge in [-0.25, -0.2) is 15.0 Å². The van der Waals surface area contributed by atoms with Gasteiger partial charge in [0.25, 0.3) is 0 Å². The van der Waals surface area contributed by atoms with Crippen LogP contribution in [0.15, 0.2) is 67.0 Å². The molecule has 0 bridgehead atoms. The number of benzene rings is 2. The summed E-state index contributed by atoms with van der Waals surface area (Å²) in [5, 5.41) is 0. The zero-order valence-corrected chi connectivity index (χ0v) is 21.1. The van der Waals surface area contributed by atoms with Gasteiger partial charge in [-0.3, -0.25) is 9.88 Å². The van der Waals surface area contributed by atoms with E-state index in [4.69, 9.17) is 9.97 Å². The molecule has 0 spiro atoms. The van der Waals surface area contributed by atoms with E-state index < -0.39 is 0 Å². The second-order valence-corrected chi connectivity index (χ2v) is 10.6. The van der Waals surface area contributed by atoms with Gasteiger partial charge in [0.2, 0.25) is 0 Å². The predicted molar refractivity (Wildman–Crippen MR) is 145 cm³/mol. The van der Waals surface area contributed by atoms with Gasteiger partial charge in [-0.1, -0.05) is 51.1 Å². The number of hydrogen-bond donors (Lipinski definition) is 1. The minimum Gasteiger partial charge on any atom is -0.367 e. The summed E-state index contributed by atoms with van der Waals surface area (Å²) in [6.07, 6.45) is 3.64. The third-order valence-electron chi connectivity index (χ3n) is 6.98. The Morgan fingerprint density at radius 3 is 2.44 bits per heavy atom. The number of nitrogens with one attached hydrogen (secondary N) is 1. The van der Waals surface area contributed by atoms with Crippen LogP contribution in [-0.4, -0.2) is 56.0 Å². The van der Waals surface area contributed by atoms with Gasteiger partial charge < -0.3 is 9.88 Å². The third-order valence-corrected chi connectivity index (χ3v) is 6.98. The van der Waals surface area contributed by atoms with Crippen molar-refractivity contribution in [1.82, 2.24) is 29.8 Å². The second kappa shape index (κ2) is 8.99. The maximum absolute atomic E-state index is 5.03. The summed E-state index contributed by atoms with van der Waals surface area (Å²) in [5.74, 6) is 0.917. The van der Waals surface area contributed by atoms with Gasteiger partial charge in [-0.2, -0.15) is 0 Å². The van der Waals surface area contributed by atoms with E-state index >= 15 is 0 Å². The highest BCUT2D eigenvalue weighted by Gasteiger charge is 2.21. The number of pyridine rings is 1. The summed E-state index contributed by atoms with van der Waals surface area (Å²) in [6.45, 7) is 11.3. The van der Waals surface area contributed by atoms with Crippen LogP contribution in [-0.2, 0) is 12.0 Å². The number of piperazine rings is 1. The number of H-pyrrole nitrogens is 1. The molecule has 3 aromatic heterocycles. The van der Waals surface area contributed by atoms with Gasteiger partial charge in [0.15, 0.2) is 5.65 Å². The van der Waals surface area contributed by atoms with Gasteiger partial charge in [0.1, 0.15) is 16.9 Å². The molecule has 1 N–H and O–H groups in total. The highest BCUT2D eigenvalue weighted by atomic mass is 15.3. The summed E-state index contributed by atoms with van der Waals surface area (Å²) >= 11 is 0. The lowest BCUT2D eigenvalue weighted by atomic mass is 9.87. The molecular weight excluding hydrogens is 446 g/mol. The van der Waals surface area contributed by atoms with Crippen LogP contribution in [0.2, 0.25) is 0 Å². The minimum atomic E-state index is 0.138. The zero-order valence-electron chi connectivity index (χ0n) is 21.1. The lowest BCUT2D eigenvalue weighted by Crippen LogP contribution is -2.46. The molecule has 1 saturated heterocycles. The molecule has 5 aromatic rings. The number of rotatable bonds is 4. The second-order valence-electron chi connectivity index (χ2n) is 10.6. The number of imidazole rings is 1. The van der Waals surface area contributed by atoms with Crippen LogP contribution in [0.3, 0.4) is 0 Å². The lowest BCUT2D eigenvalue weighted by Gasteiger charge is -2.36. The molecule has 4 heterocycles. The number of hydrogen-bond acceptors (Lipinski definition) is 6. The average Bonchev–Trinajstić information content (AvgIpc) is 3.33. The highest BCUT2D eigenvalue weighted by molar-refractivity contribution is 5.91. The number of aromatic amines is 1. The molecule has 2 aromatic carbocycles. The Morgan fingerprint density at radius 1 is 0.861 bits per heavy atom. The van der Waals surface area contributed by atoms with Gasteiger partial charge in [0.05, 0.1) is 23.1 Å². The summed E-state index contributed by atoms with van der Waals surface area (Å²) in [5.41, 5.74) is 8.38. The molecule has 0 amide bonds. The van der Waals surface area contributed by atoms with Crippen LogP contribution in [0, 0.1) is 0 Å². The first kappa shape index (κ1) is 22.6. The highest BCUT2D eigenvalue weighted by Crippen LogP contribution is 2.30. The van der Waals surface area contributed by atoms with Crippen molar-refractivity contribution in [2.75, 3.05) is 31.1 Å². The van der Waals surface area contributed by atoms with Crippen molar-refractivity contribution >= 4 is 27.9 Å². The number of aromatic nitrogens is 5. The summed E-state index contributed by atoms with van der Waals surface area (Å²) < 4.78 is 0. The zero-order chi connectivity index (χ0) is 24.7. The number of para-hydroxylation sites is 1. The normalized spacial score (nSPS) is 15.1. The fraction of sp³-hybridized carbons (Fsp3) is 0.310. The third kappa shape index (κ3) is 4.42. The average molecular weight is 478 g/mol. The van der Waals surface area contributed by atoms with Crippen molar-refractivity contribution < 1.29 is 0 Å². The van der Waals surface area contributed by atoms with Gasteiger partial charge >= 0.3 is 0 Å². The molecule has 0 atom stereocenters. The van der Waals surface area contributed by atoms with Crippen molar-refractivity contribution in [3.63, 3.8) is 0 Å². The lowest BCUT2D eigenvalue weighted by molar-refractivity contribution is 0.247. The van der Waals surface area contributed by atoms with E-state index in [1.165, 1.54) is 11.3 Å². The summed E-state index contributed by atoms with van der Waals surface area (Å²) in [6, 6.07) is 19.0. The number of nitrogens with zero attached hydrogens (tertiary/aromatic N) is 6. The van der Waals surface area contributed by atoms with Gasteiger partial charge in [-0.15, -0.1) is 0 Å². The Balaban J connectivity index is 1.17. The minimum absolute atomic E-state index is 0.138.